The zero-order valence-corrected chi connectivity index (χ0v) is 18.9. The number of hydrogen-bond donors (Lipinski definition) is 2. The van der Waals surface area contributed by atoms with Gasteiger partial charge in [-0.1, -0.05) is 36.4 Å². The number of carbonyl (C=O) groups is 3. The molecule has 2 saturated heterocycles. The van der Waals surface area contributed by atoms with Crippen molar-refractivity contribution in [2.75, 3.05) is 32.7 Å². The van der Waals surface area contributed by atoms with E-state index in [1.54, 1.807) is 13.1 Å². The summed E-state index contributed by atoms with van der Waals surface area (Å²) in [5.74, 6) is -0.805. The SMILES string of the molecule is CC1(CCc2ccccc2)NC(=O)N(NC(=O)CN2CCN(Cc3ccccn3)CC2)C1=O. The molecule has 33 heavy (non-hydrogen) atoms. The summed E-state index contributed by atoms with van der Waals surface area (Å²) >= 11 is 0. The molecule has 2 aliphatic rings. The number of nitrogens with zero attached hydrogens (tertiary/aromatic N) is 4. The Morgan fingerprint density at radius 3 is 2.42 bits per heavy atom. The first-order valence-electron chi connectivity index (χ1n) is 11.3. The number of urea groups is 1. The smallest absolute Gasteiger partial charge is 0.322 e. The lowest BCUT2D eigenvalue weighted by molar-refractivity contribution is -0.139. The number of piperazine rings is 1. The van der Waals surface area contributed by atoms with E-state index in [1.165, 1.54) is 0 Å². The van der Waals surface area contributed by atoms with Gasteiger partial charge in [0, 0.05) is 38.9 Å². The first kappa shape index (κ1) is 22.9. The highest BCUT2D eigenvalue weighted by Crippen LogP contribution is 2.22. The third-order valence-electron chi connectivity index (χ3n) is 6.20. The second kappa shape index (κ2) is 10.1. The maximum absolute atomic E-state index is 12.9. The molecule has 0 bridgehead atoms. The summed E-state index contributed by atoms with van der Waals surface area (Å²) in [4.78, 5) is 46.6. The fourth-order valence-corrected chi connectivity index (χ4v) is 4.18. The summed E-state index contributed by atoms with van der Waals surface area (Å²) in [5, 5.41) is 3.56. The van der Waals surface area contributed by atoms with Gasteiger partial charge in [0.1, 0.15) is 5.54 Å². The van der Waals surface area contributed by atoms with Gasteiger partial charge in [-0.3, -0.25) is 29.8 Å². The highest BCUT2D eigenvalue weighted by molar-refractivity contribution is 6.07. The van der Waals surface area contributed by atoms with Crippen molar-refractivity contribution >= 4 is 17.8 Å². The number of rotatable bonds is 8. The number of imide groups is 1. The van der Waals surface area contributed by atoms with Gasteiger partial charge in [-0.05, 0) is 37.5 Å². The van der Waals surface area contributed by atoms with Crippen molar-refractivity contribution in [3.8, 4) is 0 Å². The van der Waals surface area contributed by atoms with Crippen LogP contribution in [0.4, 0.5) is 4.79 Å². The lowest BCUT2D eigenvalue weighted by Crippen LogP contribution is -2.53. The van der Waals surface area contributed by atoms with E-state index in [4.69, 9.17) is 0 Å². The van der Waals surface area contributed by atoms with E-state index in [0.29, 0.717) is 12.8 Å². The van der Waals surface area contributed by atoms with Gasteiger partial charge >= 0.3 is 6.03 Å². The number of benzene rings is 1. The van der Waals surface area contributed by atoms with Crippen molar-refractivity contribution in [2.24, 2.45) is 0 Å². The molecule has 2 N–H and O–H groups in total. The molecule has 0 saturated carbocycles. The van der Waals surface area contributed by atoms with Crippen LogP contribution in [0.5, 0.6) is 0 Å². The van der Waals surface area contributed by atoms with E-state index in [-0.39, 0.29) is 12.5 Å². The van der Waals surface area contributed by atoms with Gasteiger partial charge in [0.05, 0.1) is 12.2 Å². The van der Waals surface area contributed by atoms with Crippen LogP contribution < -0.4 is 10.7 Å². The van der Waals surface area contributed by atoms with Crippen LogP contribution >= 0.6 is 0 Å². The largest absolute Gasteiger partial charge is 0.344 e. The number of nitrogens with one attached hydrogen (secondary N) is 2. The minimum Gasteiger partial charge on any atom is -0.322 e. The summed E-state index contributed by atoms with van der Waals surface area (Å²) in [6.07, 6.45) is 2.89. The van der Waals surface area contributed by atoms with Crippen LogP contribution in [-0.4, -0.2) is 75.9 Å². The molecule has 2 aromatic rings. The Kier molecular flexibility index (Phi) is 7.00. The van der Waals surface area contributed by atoms with Crippen LogP contribution in [0.3, 0.4) is 0 Å². The van der Waals surface area contributed by atoms with Crippen LogP contribution in [-0.2, 0) is 22.6 Å². The fourth-order valence-electron chi connectivity index (χ4n) is 4.18. The molecule has 0 spiro atoms. The van der Waals surface area contributed by atoms with Crippen molar-refractivity contribution < 1.29 is 14.4 Å². The summed E-state index contributed by atoms with van der Waals surface area (Å²) in [7, 11) is 0. The molecule has 2 aliphatic heterocycles. The van der Waals surface area contributed by atoms with E-state index in [0.717, 1.165) is 49.0 Å². The van der Waals surface area contributed by atoms with Gasteiger partial charge in [0.15, 0.2) is 0 Å². The minimum absolute atomic E-state index is 0.134. The van der Waals surface area contributed by atoms with Crippen molar-refractivity contribution in [1.82, 2.24) is 30.5 Å². The Labute approximate surface area is 193 Å². The number of hydrazine groups is 1. The van der Waals surface area contributed by atoms with E-state index in [2.05, 4.69) is 20.6 Å². The first-order valence-corrected chi connectivity index (χ1v) is 11.3. The molecule has 9 nitrogen and oxygen atoms in total. The number of aromatic nitrogens is 1. The molecule has 0 aliphatic carbocycles. The second-order valence-electron chi connectivity index (χ2n) is 8.80. The average molecular weight is 451 g/mol. The number of aryl methyl sites for hydroxylation is 1. The Balaban J connectivity index is 1.24. The quantitative estimate of drug-likeness (QED) is 0.586. The lowest BCUT2D eigenvalue weighted by atomic mass is 9.93. The van der Waals surface area contributed by atoms with E-state index >= 15 is 0 Å². The molecule has 1 atom stereocenters. The minimum atomic E-state index is -1.04. The molecule has 0 radical (unpaired) electrons. The standard InChI is InChI=1S/C24H30N6O3/c1-24(11-10-19-7-3-2-4-8-19)22(32)30(23(33)26-24)27-21(31)18-29-15-13-28(14-16-29)17-20-9-5-6-12-25-20/h2-9,12H,10-11,13-18H2,1H3,(H,26,33)(H,27,31). The van der Waals surface area contributed by atoms with Gasteiger partial charge < -0.3 is 5.32 Å². The molecule has 174 valence electrons. The summed E-state index contributed by atoms with van der Waals surface area (Å²) < 4.78 is 0. The molecule has 2 fully saturated rings. The Morgan fingerprint density at radius 1 is 1.03 bits per heavy atom. The predicted octanol–water partition coefficient (Wildman–Crippen LogP) is 1.17. The third-order valence-corrected chi connectivity index (χ3v) is 6.20. The van der Waals surface area contributed by atoms with Crippen molar-refractivity contribution in [2.45, 2.75) is 31.8 Å². The van der Waals surface area contributed by atoms with Crippen molar-refractivity contribution in [1.29, 1.82) is 0 Å². The maximum Gasteiger partial charge on any atom is 0.344 e. The third kappa shape index (κ3) is 5.74. The number of pyridine rings is 1. The second-order valence-corrected chi connectivity index (χ2v) is 8.80. The highest BCUT2D eigenvalue weighted by Gasteiger charge is 2.48. The molecule has 1 aromatic carbocycles. The molecule has 4 amide bonds. The number of carbonyl (C=O) groups excluding carboxylic acids is 3. The Morgan fingerprint density at radius 2 is 1.73 bits per heavy atom. The molecular formula is C24H30N6O3. The Bertz CT molecular complexity index is 978. The molecule has 1 unspecified atom stereocenters. The Hall–Kier alpha value is -3.30. The van der Waals surface area contributed by atoms with Gasteiger partial charge in [0.25, 0.3) is 11.8 Å². The summed E-state index contributed by atoms with van der Waals surface area (Å²) in [5.41, 5.74) is 3.57. The fraction of sp³-hybridized carbons (Fsp3) is 0.417. The molecule has 3 heterocycles. The molecular weight excluding hydrogens is 420 g/mol. The van der Waals surface area contributed by atoms with Crippen LogP contribution in [0.1, 0.15) is 24.6 Å². The van der Waals surface area contributed by atoms with Crippen LogP contribution in [0.15, 0.2) is 54.7 Å². The van der Waals surface area contributed by atoms with E-state index < -0.39 is 17.5 Å². The van der Waals surface area contributed by atoms with Crippen LogP contribution in [0.25, 0.3) is 0 Å². The zero-order valence-electron chi connectivity index (χ0n) is 18.9. The molecule has 4 rings (SSSR count). The molecule has 1 aromatic heterocycles. The van der Waals surface area contributed by atoms with E-state index in [9.17, 15) is 14.4 Å². The van der Waals surface area contributed by atoms with Gasteiger partial charge in [-0.15, -0.1) is 0 Å². The predicted molar refractivity (Wildman–Crippen MR) is 123 cm³/mol. The van der Waals surface area contributed by atoms with Gasteiger partial charge in [-0.25, -0.2) is 4.79 Å². The maximum atomic E-state index is 12.9. The normalized spacial score (nSPS) is 21.8. The van der Waals surface area contributed by atoms with Gasteiger partial charge in [0.2, 0.25) is 0 Å². The van der Waals surface area contributed by atoms with Crippen molar-refractivity contribution in [3.63, 3.8) is 0 Å². The number of hydrogen-bond acceptors (Lipinski definition) is 6. The summed E-state index contributed by atoms with van der Waals surface area (Å²) in [6, 6.07) is 15.1. The summed E-state index contributed by atoms with van der Waals surface area (Å²) in [6.45, 7) is 5.72. The molecule has 9 heteroatoms. The average Bonchev–Trinajstić information content (AvgIpc) is 3.03. The number of amides is 4. The topological polar surface area (TPSA) is 97.9 Å². The van der Waals surface area contributed by atoms with E-state index in [1.807, 2.05) is 53.4 Å². The first-order chi connectivity index (χ1) is 15.9. The zero-order chi connectivity index (χ0) is 23.3. The van der Waals surface area contributed by atoms with Crippen LogP contribution in [0, 0.1) is 0 Å². The van der Waals surface area contributed by atoms with Crippen molar-refractivity contribution in [3.05, 3.63) is 66.0 Å². The highest BCUT2D eigenvalue weighted by atomic mass is 16.2. The van der Waals surface area contributed by atoms with Crippen LogP contribution in [0.2, 0.25) is 0 Å². The lowest BCUT2D eigenvalue weighted by Gasteiger charge is -2.34. The monoisotopic (exact) mass is 450 g/mol. The van der Waals surface area contributed by atoms with Gasteiger partial charge in [-0.2, -0.15) is 5.01 Å².